The highest BCUT2D eigenvalue weighted by Gasteiger charge is 2.38. The van der Waals surface area contributed by atoms with Gasteiger partial charge in [-0.2, -0.15) is 0 Å². The topological polar surface area (TPSA) is 328 Å². The van der Waals surface area contributed by atoms with E-state index in [2.05, 4.69) is 47.2 Å². The molecule has 22 heteroatoms. The van der Waals surface area contributed by atoms with Crippen LogP contribution in [0, 0.1) is 5.92 Å². The van der Waals surface area contributed by atoms with Gasteiger partial charge in [-0.25, -0.2) is 0 Å². The Morgan fingerprint density at radius 1 is 0.651 bits per heavy atom. The summed E-state index contributed by atoms with van der Waals surface area (Å²) >= 11 is 0. The molecule has 86 heavy (non-hydrogen) atoms. The minimum absolute atomic E-state index is 0.0670. The van der Waals surface area contributed by atoms with Crippen molar-refractivity contribution in [1.82, 2.24) is 47.2 Å². The number of para-hydroxylation sites is 1. The second kappa shape index (κ2) is 31.0. The molecule has 8 amide bonds. The number of aromatic nitrogens is 2. The normalized spacial score (nSPS) is 20.2. The number of aromatic amines is 1. The van der Waals surface area contributed by atoms with Crippen LogP contribution in [-0.4, -0.2) is 124 Å². The predicted molar refractivity (Wildman–Crippen MR) is 336 cm³/mol. The maximum absolute atomic E-state index is 15.0. The maximum Gasteiger partial charge on any atom is 0.244 e. The number of amides is 8. The predicted octanol–water partition coefficient (Wildman–Crippen LogP) is 3.96. The van der Waals surface area contributed by atoms with Crippen LogP contribution in [0.1, 0.15) is 66.8 Å². The Morgan fingerprint density at radius 2 is 1.28 bits per heavy atom. The molecule has 1 fully saturated rings. The van der Waals surface area contributed by atoms with Gasteiger partial charge in [-0.3, -0.25) is 43.3 Å². The van der Waals surface area contributed by atoms with E-state index in [4.69, 9.17) is 17.2 Å². The molecule has 14 N–H and O–H groups in total. The standard InChI is InChI=1S/C64H74N12O8S2/c1-38(2)55-64(84)74-53(63(83)76-56(57(67)77)54(42-18-5-3-6-19-42)43-20-7-4-8-21-43)37-86-85-36-52(73-58(78)47(66)31-39-26-27-41-17-9-10-22-44(41)30-39)62(82)71-50(32-40-16-15-29-68-34-40)60(80)72-51(33-45-35-69-48-24-12-11-23-46(45)48)61(81)70-49(59(79)75-55)25-13-14-28-65/h3-12,15-24,26-27,29-30,34-35,38,47,49-56,69H,13-14,25,28,31-33,36-37,65-66H2,1-2H3,(H2,67,77)(H,70,81)(H,71,82)(H,72,80)(H,73,78)(H,74,84)(H,75,79)(H,76,83)/t47-,49-,50-,51+,52+,53-,55-,56-/m0/s1. The van der Waals surface area contributed by atoms with Gasteiger partial charge in [0.25, 0.3) is 0 Å². The molecule has 0 unspecified atom stereocenters. The third kappa shape index (κ3) is 17.3. The third-order valence-electron chi connectivity index (χ3n) is 15.0. The minimum atomic E-state index is -1.41. The number of nitrogens with two attached hydrogens (primary N) is 3. The van der Waals surface area contributed by atoms with Crippen LogP contribution in [0.2, 0.25) is 0 Å². The first-order chi connectivity index (χ1) is 41.6. The summed E-state index contributed by atoms with van der Waals surface area (Å²) in [6.07, 6.45) is 5.75. The van der Waals surface area contributed by atoms with Crippen molar-refractivity contribution in [1.29, 1.82) is 0 Å². The summed E-state index contributed by atoms with van der Waals surface area (Å²) in [5.41, 5.74) is 22.8. The van der Waals surface area contributed by atoms with Crippen LogP contribution < -0.4 is 54.4 Å². The fourth-order valence-electron chi connectivity index (χ4n) is 10.4. The van der Waals surface area contributed by atoms with Gasteiger partial charge in [-0.1, -0.05) is 163 Å². The molecular weight excluding hydrogens is 1130 g/mol. The van der Waals surface area contributed by atoms with Gasteiger partial charge >= 0.3 is 0 Å². The van der Waals surface area contributed by atoms with E-state index in [0.29, 0.717) is 41.6 Å². The summed E-state index contributed by atoms with van der Waals surface area (Å²) in [6, 6.07) is 32.0. The average Bonchev–Trinajstić information content (AvgIpc) is 3.83. The summed E-state index contributed by atoms with van der Waals surface area (Å²) in [5.74, 6) is -7.75. The van der Waals surface area contributed by atoms with E-state index in [1.165, 1.54) is 0 Å². The lowest BCUT2D eigenvalue weighted by molar-refractivity contribution is -0.136. The molecule has 8 atom stereocenters. The van der Waals surface area contributed by atoms with Gasteiger partial charge < -0.3 is 59.4 Å². The van der Waals surface area contributed by atoms with Crippen molar-refractivity contribution in [3.05, 3.63) is 186 Å². The second-order valence-electron chi connectivity index (χ2n) is 21.7. The first-order valence-electron chi connectivity index (χ1n) is 28.7. The zero-order chi connectivity index (χ0) is 61.1. The SMILES string of the molecule is CC(C)[C@@H]1NC(=O)[C@H](CCCCN)NC(=O)[C@@H](Cc2c[nH]c3ccccc23)NC(=O)[C@H](Cc2cccnc2)NC(=O)[C@H](NC(=O)[C@@H](N)Cc2ccc3ccccc3c2)CSSC[C@@H](C(=O)N[C@H](C(N)=O)C(c2ccccc2)c2ccccc2)NC1=O. The Hall–Kier alpha value is -8.57. The number of fused-ring (bicyclic) bond motifs is 2. The highest BCUT2D eigenvalue weighted by Crippen LogP contribution is 2.30. The molecule has 0 radical (unpaired) electrons. The Labute approximate surface area is 507 Å². The van der Waals surface area contributed by atoms with Crippen LogP contribution in [0.3, 0.4) is 0 Å². The third-order valence-corrected chi connectivity index (χ3v) is 17.5. The van der Waals surface area contributed by atoms with Crippen molar-refractivity contribution in [2.75, 3.05) is 18.1 Å². The molecule has 1 aliphatic heterocycles. The van der Waals surface area contributed by atoms with Crippen LogP contribution >= 0.6 is 21.6 Å². The average molecular weight is 1200 g/mol. The Bertz CT molecular complexity index is 3430. The van der Waals surface area contributed by atoms with E-state index in [1.807, 2.05) is 103 Å². The van der Waals surface area contributed by atoms with E-state index in [-0.39, 0.29) is 37.2 Å². The van der Waals surface area contributed by atoms with Gasteiger partial charge in [-0.05, 0) is 88.9 Å². The van der Waals surface area contributed by atoms with Gasteiger partial charge in [0, 0.05) is 59.8 Å². The molecule has 7 aromatic rings. The Morgan fingerprint density at radius 3 is 1.95 bits per heavy atom. The van der Waals surface area contributed by atoms with Crippen molar-refractivity contribution in [3.8, 4) is 0 Å². The number of carbonyl (C=O) groups is 8. The zero-order valence-corrected chi connectivity index (χ0v) is 49.5. The number of H-pyrrole nitrogens is 1. The number of primary amides is 1. The number of nitrogens with one attached hydrogen (secondary N) is 8. The number of hydrogen-bond acceptors (Lipinski definition) is 13. The number of rotatable bonds is 19. The quantitative estimate of drug-likeness (QED) is 0.0404. The van der Waals surface area contributed by atoms with Crippen LogP contribution in [0.15, 0.2) is 158 Å². The molecule has 450 valence electrons. The number of pyridine rings is 1. The number of nitrogens with zero attached hydrogens (tertiary/aromatic N) is 1. The van der Waals surface area contributed by atoms with E-state index in [1.54, 1.807) is 68.8 Å². The highest BCUT2D eigenvalue weighted by atomic mass is 33.1. The molecule has 0 spiro atoms. The molecule has 1 saturated heterocycles. The summed E-state index contributed by atoms with van der Waals surface area (Å²) in [6.45, 7) is 3.71. The van der Waals surface area contributed by atoms with Crippen molar-refractivity contribution >= 4 is 90.5 Å². The van der Waals surface area contributed by atoms with Crippen LogP contribution in [0.25, 0.3) is 21.7 Å². The first kappa shape index (κ1) is 63.5. The summed E-state index contributed by atoms with van der Waals surface area (Å²) in [5, 5.41) is 22.7. The molecule has 3 heterocycles. The van der Waals surface area contributed by atoms with Crippen LogP contribution in [0.4, 0.5) is 0 Å². The molecule has 2 aromatic heterocycles. The number of benzene rings is 5. The van der Waals surface area contributed by atoms with E-state index < -0.39 is 107 Å². The lowest BCUT2D eigenvalue weighted by Gasteiger charge is -2.30. The largest absolute Gasteiger partial charge is 0.368 e. The molecule has 0 aliphatic carbocycles. The number of unbranched alkanes of at least 4 members (excludes halogenated alkanes) is 1. The summed E-state index contributed by atoms with van der Waals surface area (Å²) in [7, 11) is 2.16. The second-order valence-corrected chi connectivity index (χ2v) is 24.3. The van der Waals surface area contributed by atoms with E-state index in [0.717, 1.165) is 48.8 Å². The molecule has 0 saturated carbocycles. The highest BCUT2D eigenvalue weighted by molar-refractivity contribution is 8.76. The summed E-state index contributed by atoms with van der Waals surface area (Å²) in [4.78, 5) is 125. The molecular formula is C64H74N12O8S2. The lowest BCUT2D eigenvalue weighted by atomic mass is 9.84. The lowest BCUT2D eigenvalue weighted by Crippen LogP contribution is -2.62. The molecule has 20 nitrogen and oxygen atoms in total. The Kier molecular flexibility index (Phi) is 22.9. The van der Waals surface area contributed by atoms with E-state index >= 15 is 0 Å². The summed E-state index contributed by atoms with van der Waals surface area (Å²) < 4.78 is 0. The minimum Gasteiger partial charge on any atom is -0.368 e. The zero-order valence-electron chi connectivity index (χ0n) is 47.9. The van der Waals surface area contributed by atoms with E-state index in [9.17, 15) is 38.4 Å². The number of carbonyl (C=O) groups excluding carboxylic acids is 8. The monoisotopic (exact) mass is 1200 g/mol. The van der Waals surface area contributed by atoms with Crippen molar-refractivity contribution in [2.45, 2.75) is 107 Å². The fraction of sp³-hybridized carbons (Fsp3) is 0.328. The molecule has 0 bridgehead atoms. The number of hydrogen-bond donors (Lipinski definition) is 11. The van der Waals surface area contributed by atoms with Crippen LogP contribution in [-0.2, 0) is 57.6 Å². The smallest absolute Gasteiger partial charge is 0.244 e. The van der Waals surface area contributed by atoms with Gasteiger partial charge in [0.2, 0.25) is 47.3 Å². The van der Waals surface area contributed by atoms with Crippen LogP contribution in [0.5, 0.6) is 0 Å². The first-order valence-corrected chi connectivity index (χ1v) is 31.2. The fourth-order valence-corrected chi connectivity index (χ4v) is 12.7. The molecule has 8 rings (SSSR count). The maximum atomic E-state index is 15.0. The van der Waals surface area contributed by atoms with Crippen molar-refractivity contribution in [2.24, 2.45) is 23.1 Å². The molecule has 5 aromatic carbocycles. The van der Waals surface area contributed by atoms with Gasteiger partial charge in [0.15, 0.2) is 0 Å². The van der Waals surface area contributed by atoms with Gasteiger partial charge in [-0.15, -0.1) is 0 Å². The van der Waals surface area contributed by atoms with Crippen molar-refractivity contribution in [3.63, 3.8) is 0 Å². The van der Waals surface area contributed by atoms with Crippen molar-refractivity contribution < 1.29 is 38.4 Å². The molecule has 1 aliphatic rings. The van der Waals surface area contributed by atoms with Gasteiger partial charge in [0.1, 0.15) is 42.3 Å². The Balaban J connectivity index is 1.16. The van der Waals surface area contributed by atoms with Gasteiger partial charge in [0.05, 0.1) is 6.04 Å².